The van der Waals surface area contributed by atoms with E-state index in [1.54, 1.807) is 17.5 Å². The molecule has 0 aliphatic carbocycles. The molecule has 0 amide bonds. The third-order valence-corrected chi connectivity index (χ3v) is 3.81. The number of hydrogen-bond donors (Lipinski definition) is 1. The zero-order valence-corrected chi connectivity index (χ0v) is 12.2. The minimum atomic E-state index is 0.251. The van der Waals surface area contributed by atoms with E-state index in [9.17, 15) is 0 Å². The third-order valence-electron chi connectivity index (χ3n) is 2.56. The maximum atomic E-state index is 4.49. The van der Waals surface area contributed by atoms with Gasteiger partial charge >= 0.3 is 0 Å². The van der Waals surface area contributed by atoms with Gasteiger partial charge in [-0.15, -0.1) is 11.3 Å². The largest absolute Gasteiger partial charge is 0.313 e. The van der Waals surface area contributed by atoms with Crippen LogP contribution in [-0.2, 0) is 6.42 Å². The van der Waals surface area contributed by atoms with Crippen LogP contribution < -0.4 is 5.32 Å². The van der Waals surface area contributed by atoms with E-state index >= 15 is 0 Å². The van der Waals surface area contributed by atoms with E-state index in [-0.39, 0.29) is 6.04 Å². The van der Waals surface area contributed by atoms with Crippen molar-refractivity contribution in [3.05, 3.63) is 44.6 Å². The van der Waals surface area contributed by atoms with Crippen molar-refractivity contribution in [1.29, 1.82) is 0 Å². The molecule has 2 rings (SSSR count). The minimum Gasteiger partial charge on any atom is -0.313 e. The lowest BCUT2D eigenvalue weighted by atomic mass is 10.0. The molecule has 0 fully saturated rings. The summed E-state index contributed by atoms with van der Waals surface area (Å²) in [5, 5.41) is 6.54. The number of hydrogen-bond acceptors (Lipinski definition) is 4. The minimum absolute atomic E-state index is 0.251. The Bertz CT molecular complexity index is 498. The summed E-state index contributed by atoms with van der Waals surface area (Å²) in [7, 11) is 1.96. The molecule has 0 saturated heterocycles. The first-order valence-corrected chi connectivity index (χ1v) is 7.05. The molecule has 0 aromatic carbocycles. The highest BCUT2D eigenvalue weighted by atomic mass is 79.9. The van der Waals surface area contributed by atoms with Crippen molar-refractivity contribution in [1.82, 2.24) is 15.3 Å². The van der Waals surface area contributed by atoms with E-state index in [4.69, 9.17) is 0 Å². The van der Waals surface area contributed by atoms with Crippen molar-refractivity contribution < 1.29 is 0 Å². The van der Waals surface area contributed by atoms with Gasteiger partial charge < -0.3 is 5.32 Å². The SMILES string of the molecule is CNC(Cc1csc(C)n1)c1cncc(Br)c1. The van der Waals surface area contributed by atoms with Crippen LogP contribution in [0.2, 0.25) is 0 Å². The van der Waals surface area contributed by atoms with Gasteiger partial charge in [0.15, 0.2) is 0 Å². The lowest BCUT2D eigenvalue weighted by Crippen LogP contribution is -2.19. The van der Waals surface area contributed by atoms with Crippen LogP contribution in [0.25, 0.3) is 0 Å². The fourth-order valence-corrected chi connectivity index (χ4v) is 2.72. The van der Waals surface area contributed by atoms with Crippen LogP contribution in [0, 0.1) is 6.92 Å². The van der Waals surface area contributed by atoms with Gasteiger partial charge in [0.05, 0.1) is 10.7 Å². The molecule has 1 unspecified atom stereocenters. The molecule has 0 aliphatic rings. The molecule has 2 aromatic heterocycles. The normalized spacial score (nSPS) is 12.6. The predicted octanol–water partition coefficient (Wildman–Crippen LogP) is 3.11. The van der Waals surface area contributed by atoms with Gasteiger partial charge in [0.25, 0.3) is 0 Å². The first-order valence-electron chi connectivity index (χ1n) is 5.37. The highest BCUT2D eigenvalue weighted by Gasteiger charge is 2.12. The third kappa shape index (κ3) is 3.34. The van der Waals surface area contributed by atoms with E-state index < -0.39 is 0 Å². The summed E-state index contributed by atoms with van der Waals surface area (Å²) in [5.41, 5.74) is 2.30. The Balaban J connectivity index is 2.16. The molecule has 3 nitrogen and oxygen atoms in total. The van der Waals surface area contributed by atoms with Gasteiger partial charge in [0.2, 0.25) is 0 Å². The summed E-state index contributed by atoms with van der Waals surface area (Å²) < 4.78 is 1.00. The number of likely N-dealkylation sites (N-methyl/N-ethyl adjacent to an activating group) is 1. The molecule has 0 saturated carbocycles. The second kappa shape index (κ2) is 5.71. The predicted molar refractivity (Wildman–Crippen MR) is 74.3 cm³/mol. The highest BCUT2D eigenvalue weighted by molar-refractivity contribution is 9.10. The fraction of sp³-hybridized carbons (Fsp3) is 0.333. The Hall–Kier alpha value is -0.780. The molecular formula is C12H14BrN3S. The van der Waals surface area contributed by atoms with Crippen LogP contribution in [0.15, 0.2) is 28.3 Å². The van der Waals surface area contributed by atoms with E-state index in [0.717, 1.165) is 21.6 Å². The lowest BCUT2D eigenvalue weighted by Gasteiger charge is -2.15. The fourth-order valence-electron chi connectivity index (χ4n) is 1.72. The monoisotopic (exact) mass is 311 g/mol. The summed E-state index contributed by atoms with van der Waals surface area (Å²) in [5.74, 6) is 0. The van der Waals surface area contributed by atoms with Gasteiger partial charge in [0, 0.05) is 34.7 Å². The number of rotatable bonds is 4. The Morgan fingerprint density at radius 1 is 1.47 bits per heavy atom. The summed E-state index contributed by atoms with van der Waals surface area (Å²) in [6.07, 6.45) is 4.58. The molecule has 0 radical (unpaired) electrons. The van der Waals surface area contributed by atoms with Crippen LogP contribution in [-0.4, -0.2) is 17.0 Å². The molecule has 90 valence electrons. The molecule has 17 heavy (non-hydrogen) atoms. The number of nitrogens with one attached hydrogen (secondary N) is 1. The van der Waals surface area contributed by atoms with E-state index in [1.807, 2.05) is 20.2 Å². The standard InChI is InChI=1S/C12H14BrN3S/c1-8-16-11(7-17-8)4-12(14-2)9-3-10(13)6-15-5-9/h3,5-7,12,14H,4H2,1-2H3. The second-order valence-electron chi connectivity index (χ2n) is 3.84. The van der Waals surface area contributed by atoms with Crippen LogP contribution in [0.1, 0.15) is 22.3 Å². The van der Waals surface area contributed by atoms with Gasteiger partial charge in [-0.1, -0.05) is 0 Å². The summed E-state index contributed by atoms with van der Waals surface area (Å²) in [4.78, 5) is 8.69. The maximum absolute atomic E-state index is 4.49. The smallest absolute Gasteiger partial charge is 0.0897 e. The summed E-state index contributed by atoms with van der Waals surface area (Å²) in [6, 6.07) is 2.34. The number of pyridine rings is 1. The first kappa shape index (κ1) is 12.7. The van der Waals surface area contributed by atoms with Crippen molar-refractivity contribution in [2.24, 2.45) is 0 Å². The van der Waals surface area contributed by atoms with E-state index in [0.29, 0.717) is 0 Å². The van der Waals surface area contributed by atoms with Crippen molar-refractivity contribution in [3.8, 4) is 0 Å². The zero-order chi connectivity index (χ0) is 12.3. The van der Waals surface area contributed by atoms with Gasteiger partial charge in [-0.25, -0.2) is 4.98 Å². The van der Waals surface area contributed by atoms with Gasteiger partial charge in [-0.3, -0.25) is 4.98 Å². The number of aromatic nitrogens is 2. The van der Waals surface area contributed by atoms with Crippen LogP contribution in [0.4, 0.5) is 0 Å². The van der Waals surface area contributed by atoms with Gasteiger partial charge in [-0.2, -0.15) is 0 Å². The Kier molecular flexibility index (Phi) is 4.25. The summed E-state index contributed by atoms with van der Waals surface area (Å²) >= 11 is 5.14. The lowest BCUT2D eigenvalue weighted by molar-refractivity contribution is 0.583. The topological polar surface area (TPSA) is 37.8 Å². The van der Waals surface area contributed by atoms with Crippen LogP contribution >= 0.6 is 27.3 Å². The maximum Gasteiger partial charge on any atom is 0.0897 e. The highest BCUT2D eigenvalue weighted by Crippen LogP contribution is 2.21. The van der Waals surface area contributed by atoms with Crippen molar-refractivity contribution in [2.45, 2.75) is 19.4 Å². The number of halogens is 1. The van der Waals surface area contributed by atoms with Crippen LogP contribution in [0.3, 0.4) is 0 Å². The molecule has 0 spiro atoms. The van der Waals surface area contributed by atoms with Crippen molar-refractivity contribution >= 4 is 27.3 Å². The quantitative estimate of drug-likeness (QED) is 0.942. The van der Waals surface area contributed by atoms with Crippen molar-refractivity contribution in [3.63, 3.8) is 0 Å². The Labute approximate surface area is 113 Å². The molecule has 2 aromatic rings. The Morgan fingerprint density at radius 2 is 2.29 bits per heavy atom. The number of nitrogens with zero attached hydrogens (tertiary/aromatic N) is 2. The molecule has 1 atom stereocenters. The average molecular weight is 312 g/mol. The Morgan fingerprint density at radius 3 is 2.88 bits per heavy atom. The molecule has 5 heteroatoms. The molecular weight excluding hydrogens is 298 g/mol. The van der Waals surface area contributed by atoms with E-state index in [2.05, 4.69) is 42.7 Å². The zero-order valence-electron chi connectivity index (χ0n) is 9.77. The molecule has 0 bridgehead atoms. The van der Waals surface area contributed by atoms with Gasteiger partial charge in [-0.05, 0) is 41.5 Å². The first-order chi connectivity index (χ1) is 8.19. The number of aryl methyl sites for hydroxylation is 1. The van der Waals surface area contributed by atoms with Gasteiger partial charge in [0.1, 0.15) is 0 Å². The summed E-state index contributed by atoms with van der Waals surface area (Å²) in [6.45, 7) is 2.03. The van der Waals surface area contributed by atoms with Crippen LogP contribution in [0.5, 0.6) is 0 Å². The molecule has 0 aliphatic heterocycles. The molecule has 2 heterocycles. The second-order valence-corrected chi connectivity index (χ2v) is 5.82. The van der Waals surface area contributed by atoms with Crippen molar-refractivity contribution in [2.75, 3.05) is 7.05 Å². The molecule has 1 N–H and O–H groups in total. The number of thiazole rings is 1. The van der Waals surface area contributed by atoms with E-state index in [1.165, 1.54) is 5.56 Å². The average Bonchev–Trinajstić information content (AvgIpc) is 2.72.